The van der Waals surface area contributed by atoms with E-state index in [1.165, 1.54) is 0 Å². The highest BCUT2D eigenvalue weighted by molar-refractivity contribution is 4.98. The quantitative estimate of drug-likeness (QED) is 0.862. The number of rotatable bonds is 3. The Balaban J connectivity index is 2.02. The van der Waals surface area contributed by atoms with E-state index in [9.17, 15) is 5.11 Å². The number of aliphatic hydroxyl groups is 1. The summed E-state index contributed by atoms with van der Waals surface area (Å²) in [7, 11) is 0. The zero-order chi connectivity index (χ0) is 12.5. The van der Waals surface area contributed by atoms with Crippen LogP contribution in [0.15, 0.2) is 4.52 Å². The molecule has 0 spiro atoms. The summed E-state index contributed by atoms with van der Waals surface area (Å²) in [5.74, 6) is 1.39. The van der Waals surface area contributed by atoms with Crippen molar-refractivity contribution in [1.82, 2.24) is 15.0 Å². The van der Waals surface area contributed by atoms with Crippen LogP contribution < -0.4 is 0 Å². The topological polar surface area (TPSA) is 62.4 Å². The van der Waals surface area contributed by atoms with Crippen molar-refractivity contribution in [3.05, 3.63) is 11.7 Å². The van der Waals surface area contributed by atoms with E-state index in [1.54, 1.807) is 0 Å². The molecule has 96 valence electrons. The first-order valence-corrected chi connectivity index (χ1v) is 6.18. The fraction of sp³-hybridized carbons (Fsp3) is 0.833. The lowest BCUT2D eigenvalue weighted by atomic mass is 9.97. The van der Waals surface area contributed by atoms with E-state index < -0.39 is 0 Å². The molecule has 0 aromatic carbocycles. The van der Waals surface area contributed by atoms with Crippen LogP contribution in [0, 0.1) is 0 Å². The summed E-state index contributed by atoms with van der Waals surface area (Å²) in [6.45, 7) is 8.05. The highest BCUT2D eigenvalue weighted by Gasteiger charge is 2.27. The van der Waals surface area contributed by atoms with Gasteiger partial charge in [0.1, 0.15) is 0 Å². The molecule has 1 unspecified atom stereocenters. The number of aromatic nitrogens is 2. The Kier molecular flexibility index (Phi) is 3.49. The van der Waals surface area contributed by atoms with Crippen LogP contribution in [0.25, 0.3) is 0 Å². The Hall–Kier alpha value is -0.940. The maximum atomic E-state index is 9.24. The summed E-state index contributed by atoms with van der Waals surface area (Å²) >= 11 is 0. The molecule has 2 heterocycles. The molecule has 5 heteroatoms. The zero-order valence-electron chi connectivity index (χ0n) is 10.8. The van der Waals surface area contributed by atoms with Gasteiger partial charge in [-0.1, -0.05) is 25.9 Å². The fourth-order valence-corrected chi connectivity index (χ4v) is 2.11. The van der Waals surface area contributed by atoms with Crippen LogP contribution in [0.1, 0.15) is 45.3 Å². The normalized spacial score (nSPS) is 22.2. The molecule has 0 radical (unpaired) electrons. The Morgan fingerprint density at radius 2 is 2.24 bits per heavy atom. The molecule has 1 aliphatic rings. The molecule has 0 aliphatic carbocycles. The minimum Gasteiger partial charge on any atom is -0.395 e. The second-order valence-electron chi connectivity index (χ2n) is 5.71. The summed E-state index contributed by atoms with van der Waals surface area (Å²) in [5.41, 5.74) is -0.105. The van der Waals surface area contributed by atoms with Gasteiger partial charge < -0.3 is 9.63 Å². The summed E-state index contributed by atoms with van der Waals surface area (Å²) in [5, 5.41) is 13.2. The second kappa shape index (κ2) is 4.74. The molecule has 17 heavy (non-hydrogen) atoms. The van der Waals surface area contributed by atoms with Crippen LogP contribution in [-0.2, 0) is 12.0 Å². The summed E-state index contributed by atoms with van der Waals surface area (Å²) in [6.07, 6.45) is 2.19. The standard InChI is InChI=1S/C12H21N3O2/c1-12(2,3)11-13-10(14-17-11)7-15-6-4-5-9(15)8-16/h9,16H,4-8H2,1-3H3. The Morgan fingerprint density at radius 1 is 1.47 bits per heavy atom. The van der Waals surface area contributed by atoms with Gasteiger partial charge >= 0.3 is 0 Å². The van der Waals surface area contributed by atoms with Gasteiger partial charge in [-0.15, -0.1) is 0 Å². The molecule has 0 bridgehead atoms. The molecule has 0 amide bonds. The first-order chi connectivity index (χ1) is 8.00. The van der Waals surface area contributed by atoms with Crippen molar-refractivity contribution < 1.29 is 9.63 Å². The average molecular weight is 239 g/mol. The Morgan fingerprint density at radius 3 is 2.82 bits per heavy atom. The van der Waals surface area contributed by atoms with Gasteiger partial charge in [0.25, 0.3) is 0 Å². The lowest BCUT2D eigenvalue weighted by Crippen LogP contribution is -2.32. The van der Waals surface area contributed by atoms with Gasteiger partial charge in [0.15, 0.2) is 5.82 Å². The van der Waals surface area contributed by atoms with E-state index in [2.05, 4.69) is 35.8 Å². The van der Waals surface area contributed by atoms with Crippen LogP contribution in [0.2, 0.25) is 0 Å². The van der Waals surface area contributed by atoms with Crippen LogP contribution in [-0.4, -0.2) is 39.3 Å². The van der Waals surface area contributed by atoms with Crippen molar-refractivity contribution in [2.45, 2.75) is 51.6 Å². The molecular weight excluding hydrogens is 218 g/mol. The van der Waals surface area contributed by atoms with Crippen LogP contribution >= 0.6 is 0 Å². The van der Waals surface area contributed by atoms with E-state index >= 15 is 0 Å². The van der Waals surface area contributed by atoms with Gasteiger partial charge in [-0.3, -0.25) is 4.90 Å². The van der Waals surface area contributed by atoms with E-state index in [0.717, 1.165) is 25.2 Å². The second-order valence-corrected chi connectivity index (χ2v) is 5.71. The van der Waals surface area contributed by atoms with Crippen molar-refractivity contribution in [2.75, 3.05) is 13.2 Å². The number of hydrogen-bond acceptors (Lipinski definition) is 5. The molecular formula is C12H21N3O2. The van der Waals surface area contributed by atoms with Gasteiger partial charge in [-0.2, -0.15) is 4.98 Å². The van der Waals surface area contributed by atoms with Gasteiger partial charge in [0.2, 0.25) is 5.89 Å². The number of nitrogens with zero attached hydrogens (tertiary/aromatic N) is 3. The summed E-state index contributed by atoms with van der Waals surface area (Å²) in [6, 6.07) is 0.256. The Bertz CT molecular complexity index is 370. The van der Waals surface area contributed by atoms with Gasteiger partial charge in [-0.25, -0.2) is 0 Å². The number of aliphatic hydroxyl groups excluding tert-OH is 1. The fourth-order valence-electron chi connectivity index (χ4n) is 2.11. The molecule has 1 atom stereocenters. The van der Waals surface area contributed by atoms with Gasteiger partial charge in [0, 0.05) is 11.5 Å². The highest BCUT2D eigenvalue weighted by Crippen LogP contribution is 2.22. The van der Waals surface area contributed by atoms with E-state index in [-0.39, 0.29) is 18.1 Å². The predicted molar refractivity (Wildman–Crippen MR) is 63.5 cm³/mol. The highest BCUT2D eigenvalue weighted by atomic mass is 16.5. The van der Waals surface area contributed by atoms with E-state index in [0.29, 0.717) is 12.4 Å². The van der Waals surface area contributed by atoms with Crippen LogP contribution in [0.3, 0.4) is 0 Å². The molecule has 2 rings (SSSR count). The van der Waals surface area contributed by atoms with E-state index in [4.69, 9.17) is 4.52 Å². The average Bonchev–Trinajstić information content (AvgIpc) is 2.86. The third kappa shape index (κ3) is 2.84. The summed E-state index contributed by atoms with van der Waals surface area (Å²) in [4.78, 5) is 6.63. The van der Waals surface area contributed by atoms with Crippen molar-refractivity contribution in [3.63, 3.8) is 0 Å². The lowest BCUT2D eigenvalue weighted by Gasteiger charge is -2.20. The molecule has 1 aromatic rings. The third-order valence-corrected chi connectivity index (χ3v) is 3.16. The molecule has 1 N–H and O–H groups in total. The predicted octanol–water partition coefficient (Wildman–Crippen LogP) is 1.32. The molecule has 1 aliphatic heterocycles. The third-order valence-electron chi connectivity index (χ3n) is 3.16. The van der Waals surface area contributed by atoms with Crippen molar-refractivity contribution in [2.24, 2.45) is 0 Å². The Labute approximate surface area is 102 Å². The van der Waals surface area contributed by atoms with E-state index in [1.807, 2.05) is 0 Å². The van der Waals surface area contributed by atoms with Crippen molar-refractivity contribution in [3.8, 4) is 0 Å². The number of hydrogen-bond donors (Lipinski definition) is 1. The maximum Gasteiger partial charge on any atom is 0.232 e. The van der Waals surface area contributed by atoms with Gasteiger partial charge in [-0.05, 0) is 19.4 Å². The molecule has 1 aromatic heterocycles. The van der Waals surface area contributed by atoms with Crippen LogP contribution in [0.4, 0.5) is 0 Å². The number of likely N-dealkylation sites (tertiary alicyclic amines) is 1. The van der Waals surface area contributed by atoms with Crippen molar-refractivity contribution in [1.29, 1.82) is 0 Å². The monoisotopic (exact) mass is 239 g/mol. The lowest BCUT2D eigenvalue weighted by molar-refractivity contribution is 0.150. The SMILES string of the molecule is CC(C)(C)c1nc(CN2CCCC2CO)no1. The smallest absolute Gasteiger partial charge is 0.232 e. The molecule has 1 fully saturated rings. The largest absolute Gasteiger partial charge is 0.395 e. The van der Waals surface area contributed by atoms with Crippen molar-refractivity contribution >= 4 is 0 Å². The van der Waals surface area contributed by atoms with Crippen LogP contribution in [0.5, 0.6) is 0 Å². The summed E-state index contributed by atoms with van der Waals surface area (Å²) < 4.78 is 5.26. The minimum absolute atomic E-state index is 0.105. The minimum atomic E-state index is -0.105. The van der Waals surface area contributed by atoms with Gasteiger partial charge in [0.05, 0.1) is 13.2 Å². The maximum absolute atomic E-state index is 9.24. The first-order valence-electron chi connectivity index (χ1n) is 6.18. The molecule has 1 saturated heterocycles. The first kappa shape index (κ1) is 12.5. The zero-order valence-corrected chi connectivity index (χ0v) is 10.8. The molecule has 0 saturated carbocycles. The molecule has 5 nitrogen and oxygen atoms in total.